The van der Waals surface area contributed by atoms with Crippen LogP contribution in [0.1, 0.15) is 30.4 Å². The van der Waals surface area contributed by atoms with Crippen molar-refractivity contribution in [1.82, 2.24) is 15.5 Å². The van der Waals surface area contributed by atoms with Crippen molar-refractivity contribution in [3.63, 3.8) is 0 Å². The molecule has 5 nitrogen and oxygen atoms in total. The van der Waals surface area contributed by atoms with Gasteiger partial charge in [0.05, 0.1) is 0 Å². The maximum Gasteiger partial charge on any atom is 0.229 e. The van der Waals surface area contributed by atoms with Crippen LogP contribution in [0.15, 0.2) is 18.2 Å². The van der Waals surface area contributed by atoms with Gasteiger partial charge in [-0.25, -0.2) is 0 Å². The Hall–Kier alpha value is -1.79. The summed E-state index contributed by atoms with van der Waals surface area (Å²) >= 11 is 1.45. The lowest BCUT2D eigenvalue weighted by Crippen LogP contribution is -2.31. The number of anilines is 1. The molecule has 24 heavy (non-hydrogen) atoms. The molecule has 0 radical (unpaired) electrons. The van der Waals surface area contributed by atoms with Crippen LogP contribution in [0.2, 0.25) is 0 Å². The van der Waals surface area contributed by atoms with Gasteiger partial charge in [-0.15, -0.1) is 10.2 Å². The van der Waals surface area contributed by atoms with Crippen molar-refractivity contribution in [1.29, 1.82) is 0 Å². The van der Waals surface area contributed by atoms with Crippen molar-refractivity contribution < 1.29 is 4.79 Å². The van der Waals surface area contributed by atoms with Gasteiger partial charge in [-0.3, -0.25) is 4.79 Å². The highest BCUT2D eigenvalue weighted by molar-refractivity contribution is 7.18. The molecule has 1 spiro atoms. The monoisotopic (exact) mass is 342 g/mol. The molecular formula is C18H22N4OS. The summed E-state index contributed by atoms with van der Waals surface area (Å²) in [6, 6.07) is 6.29. The highest BCUT2D eigenvalue weighted by atomic mass is 32.1. The number of carbonyl (C=O) groups is 1. The van der Waals surface area contributed by atoms with Crippen LogP contribution in [0.5, 0.6) is 0 Å². The molecule has 1 unspecified atom stereocenters. The molecule has 1 aliphatic carbocycles. The van der Waals surface area contributed by atoms with Crippen LogP contribution in [0.3, 0.4) is 0 Å². The fraction of sp³-hybridized carbons (Fsp3) is 0.500. The predicted octanol–water partition coefficient (Wildman–Crippen LogP) is 3.15. The third-order valence-corrected chi connectivity index (χ3v) is 6.24. The van der Waals surface area contributed by atoms with Crippen molar-refractivity contribution in [2.45, 2.75) is 33.1 Å². The van der Waals surface area contributed by atoms with Crippen molar-refractivity contribution >= 4 is 22.4 Å². The number of benzene rings is 1. The zero-order valence-electron chi connectivity index (χ0n) is 14.1. The number of amides is 1. The summed E-state index contributed by atoms with van der Waals surface area (Å²) < 4.78 is 0. The SMILES string of the molecule is Cc1ccc(-c2nnc(NC(=O)C3CC34CCNCC4)s2)c(C)c1. The number of aryl methyl sites for hydroxylation is 2. The van der Waals surface area contributed by atoms with Crippen LogP contribution in [0.4, 0.5) is 5.13 Å². The quantitative estimate of drug-likeness (QED) is 0.899. The van der Waals surface area contributed by atoms with Gasteiger partial charge >= 0.3 is 0 Å². The molecule has 1 saturated heterocycles. The summed E-state index contributed by atoms with van der Waals surface area (Å²) in [5.74, 6) is 0.258. The maximum absolute atomic E-state index is 12.5. The third kappa shape index (κ3) is 2.84. The number of nitrogens with zero attached hydrogens (tertiary/aromatic N) is 2. The van der Waals surface area contributed by atoms with E-state index in [-0.39, 0.29) is 17.2 Å². The Kier molecular flexibility index (Phi) is 3.89. The first-order valence-electron chi connectivity index (χ1n) is 8.50. The van der Waals surface area contributed by atoms with Crippen LogP contribution in [0.25, 0.3) is 10.6 Å². The summed E-state index contributed by atoms with van der Waals surface area (Å²) in [6.45, 7) is 6.21. The van der Waals surface area contributed by atoms with Gasteiger partial charge in [-0.05, 0) is 57.2 Å². The van der Waals surface area contributed by atoms with E-state index in [0.717, 1.165) is 42.9 Å². The van der Waals surface area contributed by atoms with Crippen molar-refractivity contribution in [2.75, 3.05) is 18.4 Å². The van der Waals surface area contributed by atoms with Crippen molar-refractivity contribution in [3.05, 3.63) is 29.3 Å². The molecule has 4 rings (SSSR count). The Morgan fingerprint density at radius 3 is 2.83 bits per heavy atom. The molecule has 1 amide bonds. The minimum atomic E-state index is 0.111. The molecule has 1 atom stereocenters. The third-order valence-electron chi connectivity index (χ3n) is 5.37. The predicted molar refractivity (Wildman–Crippen MR) is 96.1 cm³/mol. The minimum Gasteiger partial charge on any atom is -0.317 e. The topological polar surface area (TPSA) is 66.9 Å². The van der Waals surface area contributed by atoms with E-state index in [1.807, 2.05) is 0 Å². The Labute approximate surface area is 145 Å². The second-order valence-corrected chi connectivity index (χ2v) is 8.07. The highest BCUT2D eigenvalue weighted by Crippen LogP contribution is 2.58. The van der Waals surface area contributed by atoms with Gasteiger partial charge in [0.25, 0.3) is 0 Å². The normalized spacial score (nSPS) is 21.7. The lowest BCUT2D eigenvalue weighted by atomic mass is 9.92. The number of aromatic nitrogens is 2. The second kappa shape index (κ2) is 5.93. The fourth-order valence-electron chi connectivity index (χ4n) is 3.82. The molecule has 2 aromatic rings. The van der Waals surface area contributed by atoms with Crippen LogP contribution < -0.4 is 10.6 Å². The minimum absolute atomic E-state index is 0.111. The van der Waals surface area contributed by atoms with Gasteiger partial charge in [-0.1, -0.05) is 35.1 Å². The maximum atomic E-state index is 12.5. The molecule has 2 N–H and O–H groups in total. The summed E-state index contributed by atoms with van der Waals surface area (Å²) in [7, 11) is 0. The molecule has 1 aromatic carbocycles. The average molecular weight is 342 g/mol. The first-order valence-corrected chi connectivity index (χ1v) is 9.32. The van der Waals surface area contributed by atoms with E-state index >= 15 is 0 Å². The molecule has 126 valence electrons. The highest BCUT2D eigenvalue weighted by Gasteiger charge is 2.57. The van der Waals surface area contributed by atoms with Crippen LogP contribution in [-0.4, -0.2) is 29.2 Å². The van der Waals surface area contributed by atoms with E-state index in [0.29, 0.717) is 5.13 Å². The van der Waals surface area contributed by atoms with Crippen molar-refractivity contribution in [3.8, 4) is 10.6 Å². The van der Waals surface area contributed by atoms with E-state index in [1.54, 1.807) is 0 Å². The number of carbonyl (C=O) groups excluding carboxylic acids is 1. The lowest BCUT2D eigenvalue weighted by molar-refractivity contribution is -0.118. The summed E-state index contributed by atoms with van der Waals surface area (Å²) in [5.41, 5.74) is 3.74. The van der Waals surface area contributed by atoms with E-state index in [2.05, 4.69) is 52.9 Å². The number of piperidine rings is 1. The number of nitrogens with one attached hydrogen (secondary N) is 2. The van der Waals surface area contributed by atoms with Gasteiger partial charge < -0.3 is 10.6 Å². The first kappa shape index (κ1) is 15.7. The first-order chi connectivity index (χ1) is 11.6. The Morgan fingerprint density at radius 2 is 2.08 bits per heavy atom. The molecule has 0 bridgehead atoms. The molecule has 1 aromatic heterocycles. The van der Waals surface area contributed by atoms with E-state index in [9.17, 15) is 4.79 Å². The van der Waals surface area contributed by atoms with Gasteiger partial charge in [0.1, 0.15) is 5.01 Å². The summed E-state index contributed by atoms with van der Waals surface area (Å²) in [4.78, 5) is 12.5. The smallest absolute Gasteiger partial charge is 0.229 e. The average Bonchev–Trinajstić information content (AvgIpc) is 3.04. The summed E-state index contributed by atoms with van der Waals surface area (Å²) in [5, 5.41) is 16.2. The number of hydrogen-bond donors (Lipinski definition) is 2. The van der Waals surface area contributed by atoms with Crippen LogP contribution in [0, 0.1) is 25.2 Å². The molecule has 2 fully saturated rings. The van der Waals surface area contributed by atoms with Crippen LogP contribution in [-0.2, 0) is 4.79 Å². The lowest BCUT2D eigenvalue weighted by Gasteiger charge is -2.22. The van der Waals surface area contributed by atoms with Gasteiger partial charge in [0.2, 0.25) is 11.0 Å². The number of hydrogen-bond acceptors (Lipinski definition) is 5. The molecule has 2 heterocycles. The fourth-order valence-corrected chi connectivity index (χ4v) is 4.66. The standard InChI is InChI=1S/C18H22N4OS/c1-11-3-4-13(12(2)9-11)16-21-22-17(24-16)20-15(23)14-10-18(14)5-7-19-8-6-18/h3-4,9,14,19H,5-8,10H2,1-2H3,(H,20,22,23). The zero-order valence-corrected chi connectivity index (χ0v) is 14.9. The second-order valence-electron chi connectivity index (χ2n) is 7.09. The van der Waals surface area contributed by atoms with E-state index < -0.39 is 0 Å². The summed E-state index contributed by atoms with van der Waals surface area (Å²) in [6.07, 6.45) is 3.23. The number of rotatable bonds is 3. The molecule has 6 heteroatoms. The van der Waals surface area contributed by atoms with Crippen LogP contribution >= 0.6 is 11.3 Å². The Bertz CT molecular complexity index is 779. The molecule has 2 aliphatic rings. The van der Waals surface area contributed by atoms with Gasteiger partial charge in [-0.2, -0.15) is 0 Å². The van der Waals surface area contributed by atoms with E-state index in [1.165, 1.54) is 22.5 Å². The van der Waals surface area contributed by atoms with E-state index in [4.69, 9.17) is 0 Å². The zero-order chi connectivity index (χ0) is 16.7. The Balaban J connectivity index is 1.45. The van der Waals surface area contributed by atoms with Gasteiger partial charge in [0, 0.05) is 11.5 Å². The van der Waals surface area contributed by atoms with Gasteiger partial charge in [0.15, 0.2) is 0 Å². The Morgan fingerprint density at radius 1 is 1.29 bits per heavy atom. The van der Waals surface area contributed by atoms with Crippen molar-refractivity contribution in [2.24, 2.45) is 11.3 Å². The largest absolute Gasteiger partial charge is 0.317 e. The molecule has 1 saturated carbocycles. The molecule has 1 aliphatic heterocycles. The molecular weight excluding hydrogens is 320 g/mol.